The molecule has 2 aromatic heterocycles. The van der Waals surface area contributed by atoms with Gasteiger partial charge in [-0.1, -0.05) is 55.0 Å². The number of carbonyl (C=O) groups excluding carboxylic acids is 2. The Morgan fingerprint density at radius 2 is 1.85 bits per heavy atom. The fourth-order valence-electron chi connectivity index (χ4n) is 3.77. The van der Waals surface area contributed by atoms with E-state index in [0.29, 0.717) is 11.4 Å². The Bertz CT molecular complexity index is 1320. The molecule has 0 saturated heterocycles. The highest BCUT2D eigenvalue weighted by Gasteiger charge is 2.19. The zero-order chi connectivity index (χ0) is 23.5. The number of aryl methyl sites for hydroxylation is 4. The number of hydrogen-bond acceptors (Lipinski definition) is 5. The Labute approximate surface area is 197 Å². The number of ether oxygens (including phenoxy) is 1. The third-order valence-electron chi connectivity index (χ3n) is 5.60. The molecule has 33 heavy (non-hydrogen) atoms. The topological polar surface area (TPSA) is 73.2 Å². The number of carbonyl (C=O) groups is 2. The fraction of sp³-hybridized carbons (Fsp3) is 0.269. The van der Waals surface area contributed by atoms with Gasteiger partial charge in [-0.25, -0.2) is 4.79 Å². The number of fused-ring (bicyclic) bond motifs is 1. The molecular weight excluding hydrogens is 434 g/mol. The number of esters is 1. The zero-order valence-corrected chi connectivity index (χ0v) is 20.1. The van der Waals surface area contributed by atoms with Gasteiger partial charge in [0, 0.05) is 11.1 Å². The lowest BCUT2D eigenvalue weighted by Crippen LogP contribution is -2.21. The van der Waals surface area contributed by atoms with Gasteiger partial charge in [0.05, 0.1) is 12.2 Å². The largest absolute Gasteiger partial charge is 0.451 e. The van der Waals surface area contributed by atoms with Crippen molar-refractivity contribution in [3.05, 3.63) is 81.4 Å². The van der Waals surface area contributed by atoms with Gasteiger partial charge in [-0.15, -0.1) is 11.3 Å². The summed E-state index contributed by atoms with van der Waals surface area (Å²) in [7, 11) is 0. The van der Waals surface area contributed by atoms with Gasteiger partial charge in [-0.2, -0.15) is 5.10 Å². The minimum atomic E-state index is -0.506. The average Bonchev–Trinajstić information content (AvgIpc) is 3.36. The van der Waals surface area contributed by atoms with E-state index in [-0.39, 0.29) is 12.5 Å². The van der Waals surface area contributed by atoms with Crippen LogP contribution in [0.15, 0.2) is 48.5 Å². The summed E-state index contributed by atoms with van der Waals surface area (Å²) in [6.07, 6.45) is 0.803. The van der Waals surface area contributed by atoms with Gasteiger partial charge >= 0.3 is 5.97 Å². The minimum Gasteiger partial charge on any atom is -0.451 e. The summed E-state index contributed by atoms with van der Waals surface area (Å²) in [6.45, 7) is 8.25. The first-order chi connectivity index (χ1) is 15.9. The molecule has 0 radical (unpaired) electrons. The van der Waals surface area contributed by atoms with E-state index in [1.54, 1.807) is 6.07 Å². The normalized spacial score (nSPS) is 11.0. The van der Waals surface area contributed by atoms with E-state index >= 15 is 0 Å². The molecule has 0 aliphatic rings. The van der Waals surface area contributed by atoms with Crippen molar-refractivity contribution in [2.75, 3.05) is 11.9 Å². The number of nitrogens with zero attached hydrogens (tertiary/aromatic N) is 2. The maximum atomic E-state index is 12.7. The van der Waals surface area contributed by atoms with Gasteiger partial charge in [-0.3, -0.25) is 9.48 Å². The molecule has 0 spiro atoms. The first-order valence-electron chi connectivity index (χ1n) is 10.9. The highest BCUT2D eigenvalue weighted by Crippen LogP contribution is 2.29. The van der Waals surface area contributed by atoms with Crippen molar-refractivity contribution in [2.24, 2.45) is 0 Å². The molecular formula is C26H27N3O3S. The van der Waals surface area contributed by atoms with E-state index in [1.807, 2.05) is 43.7 Å². The number of rotatable bonds is 7. The van der Waals surface area contributed by atoms with Crippen molar-refractivity contribution < 1.29 is 14.3 Å². The molecule has 0 atom stereocenters. The van der Waals surface area contributed by atoms with E-state index in [4.69, 9.17) is 4.74 Å². The molecule has 4 aromatic rings. The first-order valence-corrected chi connectivity index (χ1v) is 11.7. The number of hydrogen-bond donors (Lipinski definition) is 1. The summed E-state index contributed by atoms with van der Waals surface area (Å²) < 4.78 is 7.23. The second kappa shape index (κ2) is 9.58. The lowest BCUT2D eigenvalue weighted by molar-refractivity contribution is -0.119. The highest BCUT2D eigenvalue weighted by molar-refractivity contribution is 7.20. The Kier molecular flexibility index (Phi) is 6.60. The molecule has 1 N–H and O–H groups in total. The van der Waals surface area contributed by atoms with Crippen LogP contribution in [0.5, 0.6) is 0 Å². The van der Waals surface area contributed by atoms with Crippen molar-refractivity contribution in [3.63, 3.8) is 0 Å². The van der Waals surface area contributed by atoms with Crippen molar-refractivity contribution in [1.82, 2.24) is 9.78 Å². The standard InChI is InChI=1S/C26H27N3O3S/c1-5-20-8-6-7-17(3)24(20)27-23(30)15-32-26(31)22-13-21-18(4)28-29(25(21)33-22)14-19-11-9-16(2)10-12-19/h6-13H,5,14-15H2,1-4H3,(H,27,30). The third-order valence-corrected chi connectivity index (χ3v) is 6.73. The molecule has 4 rings (SSSR count). The number of thiophene rings is 1. The summed E-state index contributed by atoms with van der Waals surface area (Å²) >= 11 is 1.33. The van der Waals surface area contributed by atoms with Crippen LogP contribution in [0.2, 0.25) is 0 Å². The maximum Gasteiger partial charge on any atom is 0.348 e. The number of anilines is 1. The van der Waals surface area contributed by atoms with Gasteiger partial charge in [0.15, 0.2) is 6.61 Å². The number of aromatic nitrogens is 2. The van der Waals surface area contributed by atoms with E-state index in [0.717, 1.165) is 44.7 Å². The van der Waals surface area contributed by atoms with Crippen LogP contribution in [0.4, 0.5) is 5.69 Å². The summed E-state index contributed by atoms with van der Waals surface area (Å²) in [5, 5.41) is 8.43. The SMILES string of the molecule is CCc1cccc(C)c1NC(=O)COC(=O)c1cc2c(C)nn(Cc3ccc(C)cc3)c2s1. The minimum absolute atomic E-state index is 0.334. The molecule has 2 heterocycles. The summed E-state index contributed by atoms with van der Waals surface area (Å²) in [5.74, 6) is -0.858. The van der Waals surface area contributed by atoms with E-state index < -0.39 is 5.97 Å². The van der Waals surface area contributed by atoms with E-state index in [2.05, 4.69) is 41.6 Å². The number of nitrogens with one attached hydrogen (secondary N) is 1. The lowest BCUT2D eigenvalue weighted by atomic mass is 10.1. The van der Waals surface area contributed by atoms with Gasteiger partial charge < -0.3 is 10.1 Å². The van der Waals surface area contributed by atoms with Crippen LogP contribution < -0.4 is 5.32 Å². The predicted molar refractivity (Wildman–Crippen MR) is 132 cm³/mol. The molecule has 0 bridgehead atoms. The van der Waals surface area contributed by atoms with Gasteiger partial charge in [0.2, 0.25) is 0 Å². The lowest BCUT2D eigenvalue weighted by Gasteiger charge is -2.12. The molecule has 7 heteroatoms. The molecule has 0 aliphatic carbocycles. The molecule has 170 valence electrons. The molecule has 2 aromatic carbocycles. The second-order valence-electron chi connectivity index (χ2n) is 8.15. The van der Waals surface area contributed by atoms with Crippen LogP contribution in [0, 0.1) is 20.8 Å². The van der Waals surface area contributed by atoms with Crippen LogP contribution >= 0.6 is 11.3 Å². The number of para-hydroxylation sites is 1. The Morgan fingerprint density at radius 1 is 1.09 bits per heavy atom. The smallest absolute Gasteiger partial charge is 0.348 e. The number of benzene rings is 2. The first kappa shape index (κ1) is 22.7. The third kappa shape index (κ3) is 4.98. The van der Waals surface area contributed by atoms with Crippen molar-refractivity contribution in [1.29, 1.82) is 0 Å². The summed E-state index contributed by atoms with van der Waals surface area (Å²) in [4.78, 5) is 26.5. The van der Waals surface area contributed by atoms with Crippen molar-refractivity contribution >= 4 is 39.1 Å². The second-order valence-corrected chi connectivity index (χ2v) is 9.18. The summed E-state index contributed by atoms with van der Waals surface area (Å²) in [6, 6.07) is 16.0. The molecule has 0 saturated carbocycles. The van der Waals surface area contributed by atoms with Crippen LogP contribution in [0.3, 0.4) is 0 Å². The molecule has 6 nitrogen and oxygen atoms in total. The molecule has 0 unspecified atom stereocenters. The monoisotopic (exact) mass is 461 g/mol. The number of amides is 1. The Hall–Kier alpha value is -3.45. The van der Waals surface area contributed by atoms with E-state index in [9.17, 15) is 9.59 Å². The molecule has 0 fully saturated rings. The Balaban J connectivity index is 1.44. The predicted octanol–water partition coefficient (Wildman–Crippen LogP) is 5.43. The van der Waals surface area contributed by atoms with Crippen LogP contribution in [0.25, 0.3) is 10.2 Å². The van der Waals surface area contributed by atoms with Crippen LogP contribution in [0.1, 0.15) is 44.5 Å². The van der Waals surface area contributed by atoms with Gasteiger partial charge in [0.25, 0.3) is 5.91 Å². The summed E-state index contributed by atoms with van der Waals surface area (Å²) in [5.41, 5.74) is 6.02. The zero-order valence-electron chi connectivity index (χ0n) is 19.3. The van der Waals surface area contributed by atoms with Crippen LogP contribution in [-0.2, 0) is 22.5 Å². The average molecular weight is 462 g/mol. The quantitative estimate of drug-likeness (QED) is 0.373. The van der Waals surface area contributed by atoms with Crippen LogP contribution in [-0.4, -0.2) is 28.3 Å². The molecule has 0 aliphatic heterocycles. The molecule has 1 amide bonds. The highest BCUT2D eigenvalue weighted by atomic mass is 32.1. The Morgan fingerprint density at radius 3 is 2.58 bits per heavy atom. The maximum absolute atomic E-state index is 12.7. The van der Waals surface area contributed by atoms with E-state index in [1.165, 1.54) is 16.9 Å². The van der Waals surface area contributed by atoms with Gasteiger partial charge in [-0.05, 0) is 49.9 Å². The van der Waals surface area contributed by atoms with Crippen molar-refractivity contribution in [2.45, 2.75) is 40.7 Å². The van der Waals surface area contributed by atoms with Crippen molar-refractivity contribution in [3.8, 4) is 0 Å². The fourth-order valence-corrected chi connectivity index (χ4v) is 4.82. The van der Waals surface area contributed by atoms with Gasteiger partial charge in [0.1, 0.15) is 9.71 Å².